The van der Waals surface area contributed by atoms with Crippen molar-refractivity contribution in [3.05, 3.63) is 12.3 Å². The molecule has 0 bridgehead atoms. The number of rotatable bonds is 1. The van der Waals surface area contributed by atoms with Gasteiger partial charge in [-0.1, -0.05) is 6.58 Å². The summed E-state index contributed by atoms with van der Waals surface area (Å²) in [5.41, 5.74) is 0. The summed E-state index contributed by atoms with van der Waals surface area (Å²) in [4.78, 5) is 0. The van der Waals surface area contributed by atoms with E-state index in [0.29, 0.717) is 11.7 Å². The van der Waals surface area contributed by atoms with E-state index < -0.39 is 0 Å². The molecule has 2 N–H and O–H groups in total. The minimum atomic E-state index is 0.304. The van der Waals surface area contributed by atoms with E-state index in [-0.39, 0.29) is 0 Å². The third-order valence-electron chi connectivity index (χ3n) is 1.77. The second-order valence-electron chi connectivity index (χ2n) is 2.53. The van der Waals surface area contributed by atoms with Crippen molar-refractivity contribution in [2.45, 2.75) is 12.8 Å². The number of aliphatic hydroxyl groups is 1. The Morgan fingerprint density at radius 1 is 1.67 bits per heavy atom. The first-order chi connectivity index (χ1) is 4.30. The molecule has 1 fully saturated rings. The van der Waals surface area contributed by atoms with Gasteiger partial charge in [-0.3, -0.25) is 0 Å². The molecule has 0 aromatic heterocycles. The minimum Gasteiger partial charge on any atom is -0.513 e. The molecular formula is C7H13NO. The average molecular weight is 127 g/mol. The molecule has 0 saturated carbocycles. The standard InChI is InChI=1S/C7H13NO/c1-6(9)7-3-2-4-8-5-7/h7-9H,1-5H2/t7-/m1/s1. The quantitative estimate of drug-likeness (QED) is 0.516. The predicted octanol–water partition coefficient (Wildman–Crippen LogP) is 1.06. The van der Waals surface area contributed by atoms with Crippen LogP contribution < -0.4 is 5.32 Å². The first-order valence-electron chi connectivity index (χ1n) is 3.39. The molecule has 1 aliphatic rings. The molecule has 0 aromatic rings. The fraction of sp³-hybridized carbons (Fsp3) is 0.714. The van der Waals surface area contributed by atoms with Crippen LogP contribution in [0.2, 0.25) is 0 Å². The zero-order valence-corrected chi connectivity index (χ0v) is 5.56. The lowest BCUT2D eigenvalue weighted by molar-refractivity contribution is 0.289. The van der Waals surface area contributed by atoms with Crippen LogP contribution in [0.4, 0.5) is 0 Å². The van der Waals surface area contributed by atoms with Crippen molar-refractivity contribution in [2.24, 2.45) is 5.92 Å². The Balaban J connectivity index is 2.31. The normalized spacial score (nSPS) is 27.8. The van der Waals surface area contributed by atoms with Crippen molar-refractivity contribution in [3.63, 3.8) is 0 Å². The van der Waals surface area contributed by atoms with Gasteiger partial charge in [0.1, 0.15) is 0 Å². The van der Waals surface area contributed by atoms with Gasteiger partial charge in [0.15, 0.2) is 0 Å². The Morgan fingerprint density at radius 2 is 2.44 bits per heavy atom. The molecule has 2 heteroatoms. The van der Waals surface area contributed by atoms with Gasteiger partial charge in [-0.05, 0) is 19.4 Å². The molecule has 1 aliphatic heterocycles. The summed E-state index contributed by atoms with van der Waals surface area (Å²) >= 11 is 0. The highest BCUT2D eigenvalue weighted by Gasteiger charge is 2.14. The second kappa shape index (κ2) is 2.87. The van der Waals surface area contributed by atoms with Crippen LogP contribution in [0.15, 0.2) is 12.3 Å². The zero-order chi connectivity index (χ0) is 6.69. The van der Waals surface area contributed by atoms with E-state index in [2.05, 4.69) is 11.9 Å². The topological polar surface area (TPSA) is 32.3 Å². The van der Waals surface area contributed by atoms with Crippen LogP contribution in [0.5, 0.6) is 0 Å². The van der Waals surface area contributed by atoms with E-state index in [9.17, 15) is 0 Å². The highest BCUT2D eigenvalue weighted by molar-refractivity contribution is 4.91. The predicted molar refractivity (Wildman–Crippen MR) is 37.4 cm³/mol. The number of hydrogen-bond donors (Lipinski definition) is 2. The van der Waals surface area contributed by atoms with Gasteiger partial charge in [0, 0.05) is 12.5 Å². The average Bonchev–Trinajstić information content (AvgIpc) is 1.90. The first-order valence-corrected chi connectivity index (χ1v) is 3.39. The maximum Gasteiger partial charge on any atom is 0.0894 e. The van der Waals surface area contributed by atoms with E-state index in [0.717, 1.165) is 25.9 Å². The van der Waals surface area contributed by atoms with E-state index in [1.165, 1.54) is 0 Å². The third-order valence-corrected chi connectivity index (χ3v) is 1.77. The van der Waals surface area contributed by atoms with Gasteiger partial charge >= 0.3 is 0 Å². The maximum absolute atomic E-state index is 8.94. The highest BCUT2D eigenvalue weighted by atomic mass is 16.3. The Hall–Kier alpha value is -0.500. The van der Waals surface area contributed by atoms with Crippen LogP contribution in [0, 0.1) is 5.92 Å². The molecule has 9 heavy (non-hydrogen) atoms. The fourth-order valence-corrected chi connectivity index (χ4v) is 1.14. The third kappa shape index (κ3) is 1.72. The van der Waals surface area contributed by atoms with E-state index >= 15 is 0 Å². The van der Waals surface area contributed by atoms with E-state index in [1.54, 1.807) is 0 Å². The fourth-order valence-electron chi connectivity index (χ4n) is 1.14. The zero-order valence-electron chi connectivity index (χ0n) is 5.56. The van der Waals surface area contributed by atoms with Gasteiger partial charge in [0.25, 0.3) is 0 Å². The molecule has 0 spiro atoms. The molecule has 0 aromatic carbocycles. The van der Waals surface area contributed by atoms with Crippen molar-refractivity contribution in [1.29, 1.82) is 0 Å². The van der Waals surface area contributed by atoms with Crippen LogP contribution in [0.25, 0.3) is 0 Å². The van der Waals surface area contributed by atoms with Crippen molar-refractivity contribution >= 4 is 0 Å². The van der Waals surface area contributed by atoms with Crippen LogP contribution in [0.3, 0.4) is 0 Å². The lowest BCUT2D eigenvalue weighted by Crippen LogP contribution is -2.30. The van der Waals surface area contributed by atoms with Gasteiger partial charge in [-0.25, -0.2) is 0 Å². The Bertz CT molecular complexity index is 105. The largest absolute Gasteiger partial charge is 0.513 e. The van der Waals surface area contributed by atoms with Gasteiger partial charge in [0.05, 0.1) is 5.76 Å². The van der Waals surface area contributed by atoms with Crippen LogP contribution in [-0.2, 0) is 0 Å². The summed E-state index contributed by atoms with van der Waals surface area (Å²) in [5.74, 6) is 0.640. The molecule has 1 rings (SSSR count). The van der Waals surface area contributed by atoms with Crippen LogP contribution in [-0.4, -0.2) is 18.2 Å². The summed E-state index contributed by atoms with van der Waals surface area (Å²) in [7, 11) is 0. The molecule has 0 aliphatic carbocycles. The lowest BCUT2D eigenvalue weighted by atomic mass is 9.98. The van der Waals surface area contributed by atoms with Gasteiger partial charge in [0.2, 0.25) is 0 Å². The number of piperidine rings is 1. The first kappa shape index (κ1) is 6.62. The summed E-state index contributed by atoms with van der Waals surface area (Å²) in [6.45, 7) is 5.48. The summed E-state index contributed by atoms with van der Waals surface area (Å²) in [6.07, 6.45) is 2.24. The molecule has 0 amide bonds. The van der Waals surface area contributed by atoms with Gasteiger partial charge in [-0.2, -0.15) is 0 Å². The summed E-state index contributed by atoms with van der Waals surface area (Å²) in [6, 6.07) is 0. The molecule has 1 saturated heterocycles. The molecule has 0 unspecified atom stereocenters. The smallest absolute Gasteiger partial charge is 0.0894 e. The van der Waals surface area contributed by atoms with Crippen molar-refractivity contribution in [1.82, 2.24) is 5.32 Å². The minimum absolute atomic E-state index is 0.304. The van der Waals surface area contributed by atoms with Crippen LogP contribution >= 0.6 is 0 Å². The van der Waals surface area contributed by atoms with Gasteiger partial charge < -0.3 is 10.4 Å². The molecule has 0 radical (unpaired) electrons. The molecular weight excluding hydrogens is 114 g/mol. The lowest BCUT2D eigenvalue weighted by Gasteiger charge is -2.20. The van der Waals surface area contributed by atoms with E-state index in [1.807, 2.05) is 0 Å². The number of aliphatic hydroxyl groups excluding tert-OH is 1. The Morgan fingerprint density at radius 3 is 2.78 bits per heavy atom. The summed E-state index contributed by atoms with van der Waals surface area (Å²) < 4.78 is 0. The number of nitrogens with one attached hydrogen (secondary N) is 1. The second-order valence-corrected chi connectivity index (χ2v) is 2.53. The Kier molecular flexibility index (Phi) is 2.11. The monoisotopic (exact) mass is 127 g/mol. The van der Waals surface area contributed by atoms with Gasteiger partial charge in [-0.15, -0.1) is 0 Å². The summed E-state index contributed by atoms with van der Waals surface area (Å²) in [5, 5.41) is 12.1. The van der Waals surface area contributed by atoms with Crippen molar-refractivity contribution in [3.8, 4) is 0 Å². The van der Waals surface area contributed by atoms with Crippen LogP contribution in [0.1, 0.15) is 12.8 Å². The van der Waals surface area contributed by atoms with Crippen molar-refractivity contribution < 1.29 is 5.11 Å². The molecule has 1 heterocycles. The SMILES string of the molecule is C=C(O)[C@@H]1CCCNC1. The molecule has 2 nitrogen and oxygen atoms in total. The highest BCUT2D eigenvalue weighted by Crippen LogP contribution is 2.14. The number of hydrogen-bond acceptors (Lipinski definition) is 2. The van der Waals surface area contributed by atoms with E-state index in [4.69, 9.17) is 5.11 Å². The molecule has 52 valence electrons. The maximum atomic E-state index is 8.94. The molecule has 1 atom stereocenters. The Labute approximate surface area is 55.6 Å². The van der Waals surface area contributed by atoms with Crippen molar-refractivity contribution in [2.75, 3.05) is 13.1 Å².